The average molecular weight is 353 g/mol. The Hall–Kier alpha value is -3.48. The molecule has 0 saturated carbocycles. The number of hydrogen-bond acceptors (Lipinski definition) is 4. The lowest BCUT2D eigenvalue weighted by molar-refractivity contribution is -0.384. The van der Waals surface area contributed by atoms with Crippen LogP contribution in [0, 0.1) is 24.0 Å². The first kappa shape index (κ1) is 18.9. The highest BCUT2D eigenvalue weighted by atomic mass is 16.6. The highest BCUT2D eigenvalue weighted by molar-refractivity contribution is 6.08. The molecule has 2 N–H and O–H groups in total. The maximum atomic E-state index is 12.6. The molecule has 26 heavy (non-hydrogen) atoms. The minimum Gasteiger partial charge on any atom is -0.322 e. The smallest absolute Gasteiger partial charge is 0.272 e. The van der Waals surface area contributed by atoms with Gasteiger partial charge in [0.15, 0.2) is 0 Å². The van der Waals surface area contributed by atoms with Crippen LogP contribution in [0.1, 0.15) is 23.6 Å². The first-order chi connectivity index (χ1) is 12.2. The normalized spacial score (nSPS) is 11.0. The molecule has 0 aliphatic rings. The Morgan fingerprint density at radius 3 is 2.31 bits per heavy atom. The van der Waals surface area contributed by atoms with Crippen molar-refractivity contribution in [3.05, 3.63) is 75.0 Å². The minimum absolute atomic E-state index is 0.00263. The van der Waals surface area contributed by atoms with E-state index in [9.17, 15) is 19.7 Å². The zero-order valence-electron chi connectivity index (χ0n) is 14.7. The van der Waals surface area contributed by atoms with Crippen LogP contribution in [-0.4, -0.2) is 16.7 Å². The molecule has 2 amide bonds. The van der Waals surface area contributed by atoms with Gasteiger partial charge in [-0.05, 0) is 48.7 Å². The van der Waals surface area contributed by atoms with Crippen molar-refractivity contribution in [3.63, 3.8) is 0 Å². The molecule has 7 nitrogen and oxygen atoms in total. The van der Waals surface area contributed by atoms with E-state index < -0.39 is 16.7 Å². The van der Waals surface area contributed by atoms with Gasteiger partial charge in [-0.25, -0.2) is 0 Å². The Kier molecular flexibility index (Phi) is 5.85. The Morgan fingerprint density at radius 2 is 1.73 bits per heavy atom. The van der Waals surface area contributed by atoms with Crippen LogP contribution in [0.25, 0.3) is 6.08 Å². The maximum absolute atomic E-state index is 12.6. The van der Waals surface area contributed by atoms with Gasteiger partial charge in [0.2, 0.25) is 5.91 Å². The van der Waals surface area contributed by atoms with Crippen molar-refractivity contribution >= 4 is 29.3 Å². The van der Waals surface area contributed by atoms with Crippen LogP contribution in [0.2, 0.25) is 0 Å². The van der Waals surface area contributed by atoms with Crippen molar-refractivity contribution in [1.82, 2.24) is 5.32 Å². The number of carbonyl (C=O) groups is 2. The topological polar surface area (TPSA) is 101 Å². The molecule has 0 aromatic heterocycles. The number of aryl methyl sites for hydroxylation is 2. The number of hydrogen-bond donors (Lipinski definition) is 2. The van der Waals surface area contributed by atoms with Crippen LogP contribution >= 0.6 is 0 Å². The number of benzene rings is 2. The summed E-state index contributed by atoms with van der Waals surface area (Å²) in [6, 6.07) is 11.4. The predicted octanol–water partition coefficient (Wildman–Crippen LogP) is 3.33. The van der Waals surface area contributed by atoms with Crippen LogP contribution in [0.4, 0.5) is 11.4 Å². The monoisotopic (exact) mass is 353 g/mol. The number of rotatable bonds is 5. The summed E-state index contributed by atoms with van der Waals surface area (Å²) in [6.07, 6.45) is 1.40. The molecule has 0 spiro atoms. The van der Waals surface area contributed by atoms with Crippen molar-refractivity contribution in [2.45, 2.75) is 20.8 Å². The quantitative estimate of drug-likeness (QED) is 0.489. The SMILES string of the molecule is CC(=O)NC(=Cc1cccc([N+](=O)[O-])c1)C(=O)Nc1cc(C)cc(C)c1. The van der Waals surface area contributed by atoms with Crippen LogP contribution in [0.3, 0.4) is 0 Å². The minimum atomic E-state index is -0.523. The van der Waals surface area contributed by atoms with Crippen molar-refractivity contribution < 1.29 is 14.5 Å². The van der Waals surface area contributed by atoms with E-state index >= 15 is 0 Å². The third-order valence-electron chi connectivity index (χ3n) is 3.43. The van der Waals surface area contributed by atoms with E-state index in [0.717, 1.165) is 11.1 Å². The lowest BCUT2D eigenvalue weighted by Crippen LogP contribution is -2.29. The second-order valence-electron chi connectivity index (χ2n) is 5.92. The molecule has 0 aliphatic carbocycles. The van der Waals surface area contributed by atoms with E-state index in [-0.39, 0.29) is 11.4 Å². The molecule has 134 valence electrons. The molecule has 0 atom stereocenters. The standard InChI is InChI=1S/C19H19N3O4/c1-12-7-13(2)9-16(8-12)21-19(24)18(20-14(3)23)11-15-5-4-6-17(10-15)22(25)26/h4-11H,1-3H3,(H,20,23)(H,21,24). The van der Waals surface area contributed by atoms with E-state index in [4.69, 9.17) is 0 Å². The van der Waals surface area contributed by atoms with E-state index in [1.165, 1.54) is 31.2 Å². The Labute approximate surface area is 150 Å². The fourth-order valence-corrected chi connectivity index (χ4v) is 2.49. The van der Waals surface area contributed by atoms with Gasteiger partial charge in [0.1, 0.15) is 5.70 Å². The number of nitro groups is 1. The highest BCUT2D eigenvalue weighted by Gasteiger charge is 2.13. The summed E-state index contributed by atoms with van der Waals surface area (Å²) in [5.41, 5.74) is 2.90. The van der Waals surface area contributed by atoms with Gasteiger partial charge in [0, 0.05) is 24.7 Å². The van der Waals surface area contributed by atoms with Gasteiger partial charge in [0.05, 0.1) is 4.92 Å². The van der Waals surface area contributed by atoms with E-state index in [0.29, 0.717) is 11.3 Å². The van der Waals surface area contributed by atoms with Gasteiger partial charge in [-0.2, -0.15) is 0 Å². The number of non-ortho nitro benzene ring substituents is 1. The second kappa shape index (κ2) is 8.06. The fraction of sp³-hybridized carbons (Fsp3) is 0.158. The zero-order chi connectivity index (χ0) is 19.3. The summed E-state index contributed by atoms with van der Waals surface area (Å²) in [5.74, 6) is -0.936. The molecular formula is C19H19N3O4. The summed E-state index contributed by atoms with van der Waals surface area (Å²) in [6.45, 7) is 5.11. The lowest BCUT2D eigenvalue weighted by Gasteiger charge is -2.11. The van der Waals surface area contributed by atoms with Crippen LogP contribution in [0.5, 0.6) is 0 Å². The maximum Gasteiger partial charge on any atom is 0.272 e. The molecule has 0 bridgehead atoms. The third-order valence-corrected chi connectivity index (χ3v) is 3.43. The summed E-state index contributed by atoms with van der Waals surface area (Å²) in [4.78, 5) is 34.4. The third kappa shape index (κ3) is 5.27. The van der Waals surface area contributed by atoms with Gasteiger partial charge < -0.3 is 10.6 Å². The Morgan fingerprint density at radius 1 is 1.08 bits per heavy atom. The van der Waals surface area contributed by atoms with E-state index in [1.54, 1.807) is 6.07 Å². The molecule has 7 heteroatoms. The molecule has 2 aromatic carbocycles. The van der Waals surface area contributed by atoms with Gasteiger partial charge in [0.25, 0.3) is 11.6 Å². The molecule has 0 saturated heterocycles. The van der Waals surface area contributed by atoms with Crippen LogP contribution < -0.4 is 10.6 Å². The van der Waals surface area contributed by atoms with Crippen molar-refractivity contribution in [3.8, 4) is 0 Å². The molecule has 0 fully saturated rings. The van der Waals surface area contributed by atoms with Gasteiger partial charge in [-0.3, -0.25) is 19.7 Å². The largest absolute Gasteiger partial charge is 0.322 e. The van der Waals surface area contributed by atoms with Crippen LogP contribution in [-0.2, 0) is 9.59 Å². The van der Waals surface area contributed by atoms with Crippen molar-refractivity contribution in [1.29, 1.82) is 0 Å². The van der Waals surface area contributed by atoms with E-state index in [2.05, 4.69) is 10.6 Å². The predicted molar refractivity (Wildman–Crippen MR) is 99.4 cm³/mol. The molecular weight excluding hydrogens is 334 g/mol. The first-order valence-corrected chi connectivity index (χ1v) is 7.88. The first-order valence-electron chi connectivity index (χ1n) is 7.88. The van der Waals surface area contributed by atoms with Gasteiger partial charge >= 0.3 is 0 Å². The molecule has 0 aliphatic heterocycles. The number of nitrogens with zero attached hydrogens (tertiary/aromatic N) is 1. The van der Waals surface area contributed by atoms with Crippen LogP contribution in [0.15, 0.2) is 48.2 Å². The molecule has 0 radical (unpaired) electrons. The number of anilines is 1. The molecule has 0 unspecified atom stereocenters. The van der Waals surface area contributed by atoms with Gasteiger partial charge in [-0.15, -0.1) is 0 Å². The number of amides is 2. The Bertz CT molecular complexity index is 883. The fourth-order valence-electron chi connectivity index (χ4n) is 2.49. The van der Waals surface area contributed by atoms with Crippen molar-refractivity contribution in [2.75, 3.05) is 5.32 Å². The molecule has 0 heterocycles. The van der Waals surface area contributed by atoms with Crippen molar-refractivity contribution in [2.24, 2.45) is 0 Å². The number of carbonyl (C=O) groups excluding carboxylic acids is 2. The summed E-state index contributed by atoms with van der Waals surface area (Å²) < 4.78 is 0. The molecule has 2 rings (SSSR count). The number of nitrogens with one attached hydrogen (secondary N) is 2. The average Bonchev–Trinajstić information content (AvgIpc) is 2.53. The molecule has 2 aromatic rings. The number of nitro benzene ring substituents is 1. The summed E-state index contributed by atoms with van der Waals surface area (Å²) in [7, 11) is 0. The van der Waals surface area contributed by atoms with Gasteiger partial charge in [-0.1, -0.05) is 18.2 Å². The van der Waals surface area contributed by atoms with E-state index in [1.807, 2.05) is 32.0 Å². The second-order valence-corrected chi connectivity index (χ2v) is 5.92. The summed E-state index contributed by atoms with van der Waals surface area (Å²) in [5, 5.41) is 16.1. The highest BCUT2D eigenvalue weighted by Crippen LogP contribution is 2.17. The lowest BCUT2D eigenvalue weighted by atomic mass is 10.1. The zero-order valence-corrected chi connectivity index (χ0v) is 14.7. The summed E-state index contributed by atoms with van der Waals surface area (Å²) >= 11 is 0. The Balaban J connectivity index is 2.33.